The van der Waals surface area contributed by atoms with Crippen LogP contribution in [0.4, 0.5) is 0 Å². The molecule has 0 aliphatic heterocycles. The van der Waals surface area contributed by atoms with Crippen LogP contribution in [0.25, 0.3) is 0 Å². The molecule has 0 spiro atoms. The molecule has 0 unspecified atom stereocenters. The first kappa shape index (κ1) is 11.2. The Morgan fingerprint density at radius 2 is 2.00 bits per heavy atom. The van der Waals surface area contributed by atoms with Crippen LogP contribution in [0.1, 0.15) is 24.4 Å². The van der Waals surface area contributed by atoms with Crippen LogP contribution in [-0.4, -0.2) is 11.2 Å². The highest BCUT2D eigenvalue weighted by atomic mass is 35.5. The fraction of sp³-hybridized carbons (Fsp3) is 0.455. The van der Waals surface area contributed by atoms with E-state index in [1.165, 1.54) is 0 Å². The summed E-state index contributed by atoms with van der Waals surface area (Å²) in [6.45, 7) is 0. The Bertz CT molecular complexity index is 366. The SMILES string of the molecule is N[C@H](c1cccc(Cl)c1Cl)[C@@H](O)C1CC1. The van der Waals surface area contributed by atoms with Crippen molar-refractivity contribution in [2.24, 2.45) is 11.7 Å². The summed E-state index contributed by atoms with van der Waals surface area (Å²) in [5, 5.41) is 10.8. The van der Waals surface area contributed by atoms with Crippen molar-refractivity contribution in [3.05, 3.63) is 33.8 Å². The summed E-state index contributed by atoms with van der Waals surface area (Å²) in [5.41, 5.74) is 6.68. The Labute approximate surface area is 99.0 Å². The van der Waals surface area contributed by atoms with Crippen LogP contribution in [0.15, 0.2) is 18.2 Å². The number of rotatable bonds is 3. The average molecular weight is 246 g/mol. The van der Waals surface area contributed by atoms with Gasteiger partial charge in [0.1, 0.15) is 0 Å². The summed E-state index contributed by atoms with van der Waals surface area (Å²) < 4.78 is 0. The van der Waals surface area contributed by atoms with Gasteiger partial charge in [-0.2, -0.15) is 0 Å². The molecule has 1 aromatic rings. The summed E-state index contributed by atoms with van der Waals surface area (Å²) in [6, 6.07) is 4.88. The predicted octanol–water partition coefficient (Wildman–Crippen LogP) is 2.76. The summed E-state index contributed by atoms with van der Waals surface area (Å²) in [5.74, 6) is 0.329. The van der Waals surface area contributed by atoms with Crippen LogP contribution >= 0.6 is 23.2 Å². The Balaban J connectivity index is 2.24. The minimum absolute atomic E-state index is 0.329. The van der Waals surface area contributed by atoms with E-state index in [2.05, 4.69) is 0 Å². The van der Waals surface area contributed by atoms with Gasteiger partial charge in [0.15, 0.2) is 0 Å². The standard InChI is InChI=1S/C11H13Cl2NO/c12-8-3-1-2-7(9(8)13)10(14)11(15)6-4-5-6/h1-3,6,10-11,15H,4-5,14H2/t10-,11+/m1/s1. The molecule has 15 heavy (non-hydrogen) atoms. The second-order valence-electron chi connectivity index (χ2n) is 4.00. The van der Waals surface area contributed by atoms with Crippen LogP contribution in [-0.2, 0) is 0 Å². The molecule has 1 saturated carbocycles. The molecule has 4 heteroatoms. The van der Waals surface area contributed by atoms with Gasteiger partial charge < -0.3 is 10.8 Å². The Morgan fingerprint density at radius 3 is 2.60 bits per heavy atom. The van der Waals surface area contributed by atoms with Crippen molar-refractivity contribution < 1.29 is 5.11 Å². The molecule has 1 aromatic carbocycles. The summed E-state index contributed by atoms with van der Waals surface area (Å²) in [6.07, 6.45) is 1.58. The molecule has 1 aliphatic carbocycles. The molecule has 3 N–H and O–H groups in total. The van der Waals surface area contributed by atoms with E-state index in [9.17, 15) is 5.11 Å². The molecular weight excluding hydrogens is 233 g/mol. The van der Waals surface area contributed by atoms with E-state index in [0.717, 1.165) is 18.4 Å². The largest absolute Gasteiger partial charge is 0.391 e. The minimum atomic E-state index is -0.513. The number of halogens is 2. The fourth-order valence-corrected chi connectivity index (χ4v) is 2.13. The van der Waals surface area contributed by atoms with Gasteiger partial charge in [-0.1, -0.05) is 35.3 Å². The monoisotopic (exact) mass is 245 g/mol. The maximum atomic E-state index is 9.90. The van der Waals surface area contributed by atoms with Crippen LogP contribution in [0, 0.1) is 5.92 Å². The van der Waals surface area contributed by atoms with E-state index in [1.54, 1.807) is 12.1 Å². The Morgan fingerprint density at radius 1 is 1.33 bits per heavy atom. The molecule has 2 rings (SSSR count). The molecule has 0 radical (unpaired) electrons. The Hall–Kier alpha value is -0.280. The lowest BCUT2D eigenvalue weighted by atomic mass is 9.99. The lowest BCUT2D eigenvalue weighted by Crippen LogP contribution is -2.28. The molecule has 82 valence electrons. The molecule has 0 saturated heterocycles. The average Bonchev–Trinajstić information content (AvgIpc) is 3.03. The van der Waals surface area contributed by atoms with Crippen molar-refractivity contribution >= 4 is 23.2 Å². The van der Waals surface area contributed by atoms with Gasteiger partial charge in [-0.3, -0.25) is 0 Å². The van der Waals surface area contributed by atoms with Crippen LogP contribution in [0.2, 0.25) is 10.0 Å². The highest BCUT2D eigenvalue weighted by Crippen LogP contribution is 2.39. The first-order chi connectivity index (χ1) is 7.11. The van der Waals surface area contributed by atoms with Crippen LogP contribution < -0.4 is 5.73 Å². The highest BCUT2D eigenvalue weighted by Gasteiger charge is 2.35. The zero-order valence-electron chi connectivity index (χ0n) is 8.16. The lowest BCUT2D eigenvalue weighted by Gasteiger charge is -2.20. The second kappa shape index (κ2) is 4.30. The van der Waals surface area contributed by atoms with E-state index in [0.29, 0.717) is 16.0 Å². The molecule has 1 fully saturated rings. The topological polar surface area (TPSA) is 46.2 Å². The predicted molar refractivity (Wildman–Crippen MR) is 62.1 cm³/mol. The van der Waals surface area contributed by atoms with Crippen molar-refractivity contribution in [2.75, 3.05) is 0 Å². The van der Waals surface area contributed by atoms with Gasteiger partial charge >= 0.3 is 0 Å². The van der Waals surface area contributed by atoms with E-state index in [1.807, 2.05) is 6.07 Å². The molecule has 0 aromatic heterocycles. The van der Waals surface area contributed by atoms with Gasteiger partial charge in [-0.15, -0.1) is 0 Å². The number of hydrogen-bond donors (Lipinski definition) is 2. The fourth-order valence-electron chi connectivity index (χ4n) is 1.69. The van der Waals surface area contributed by atoms with E-state index in [4.69, 9.17) is 28.9 Å². The van der Waals surface area contributed by atoms with Gasteiger partial charge in [0.2, 0.25) is 0 Å². The lowest BCUT2D eigenvalue weighted by molar-refractivity contribution is 0.122. The molecule has 2 nitrogen and oxygen atoms in total. The van der Waals surface area contributed by atoms with Crippen molar-refractivity contribution in [3.63, 3.8) is 0 Å². The van der Waals surface area contributed by atoms with Gasteiger partial charge in [-0.25, -0.2) is 0 Å². The number of aliphatic hydroxyl groups is 1. The highest BCUT2D eigenvalue weighted by molar-refractivity contribution is 6.42. The van der Waals surface area contributed by atoms with Gasteiger partial charge in [0.25, 0.3) is 0 Å². The number of aliphatic hydroxyl groups excluding tert-OH is 1. The second-order valence-corrected chi connectivity index (χ2v) is 4.78. The normalized spacial score (nSPS) is 20.0. The van der Waals surface area contributed by atoms with Crippen molar-refractivity contribution in [3.8, 4) is 0 Å². The zero-order valence-corrected chi connectivity index (χ0v) is 9.67. The third-order valence-corrected chi connectivity index (χ3v) is 3.65. The molecule has 0 amide bonds. The zero-order chi connectivity index (χ0) is 11.0. The molecule has 0 heterocycles. The summed E-state index contributed by atoms with van der Waals surface area (Å²) in [7, 11) is 0. The number of hydrogen-bond acceptors (Lipinski definition) is 2. The number of benzene rings is 1. The molecular formula is C11H13Cl2NO. The smallest absolute Gasteiger partial charge is 0.0761 e. The van der Waals surface area contributed by atoms with Crippen molar-refractivity contribution in [1.82, 2.24) is 0 Å². The van der Waals surface area contributed by atoms with E-state index < -0.39 is 12.1 Å². The van der Waals surface area contributed by atoms with E-state index >= 15 is 0 Å². The summed E-state index contributed by atoms with van der Waals surface area (Å²) >= 11 is 11.9. The molecule has 0 bridgehead atoms. The first-order valence-corrected chi connectivity index (χ1v) is 5.74. The quantitative estimate of drug-likeness (QED) is 0.861. The van der Waals surface area contributed by atoms with E-state index in [-0.39, 0.29) is 0 Å². The first-order valence-electron chi connectivity index (χ1n) is 4.99. The van der Waals surface area contributed by atoms with Gasteiger partial charge in [0.05, 0.1) is 22.2 Å². The van der Waals surface area contributed by atoms with Crippen molar-refractivity contribution in [1.29, 1.82) is 0 Å². The minimum Gasteiger partial charge on any atom is -0.391 e. The van der Waals surface area contributed by atoms with Crippen LogP contribution in [0.3, 0.4) is 0 Å². The third kappa shape index (κ3) is 2.28. The summed E-state index contributed by atoms with van der Waals surface area (Å²) in [4.78, 5) is 0. The van der Waals surface area contributed by atoms with Gasteiger partial charge in [-0.05, 0) is 30.4 Å². The maximum absolute atomic E-state index is 9.90. The number of nitrogens with two attached hydrogens (primary N) is 1. The van der Waals surface area contributed by atoms with Crippen LogP contribution in [0.5, 0.6) is 0 Å². The maximum Gasteiger partial charge on any atom is 0.0761 e. The molecule has 1 aliphatic rings. The Kier molecular flexibility index (Phi) is 3.21. The van der Waals surface area contributed by atoms with Gasteiger partial charge in [0, 0.05) is 0 Å². The van der Waals surface area contributed by atoms with Crippen molar-refractivity contribution in [2.45, 2.75) is 25.0 Å². The molecule has 2 atom stereocenters. The third-order valence-electron chi connectivity index (χ3n) is 2.81.